The number of ketones is 1. The van der Waals surface area contributed by atoms with Crippen molar-refractivity contribution in [2.24, 2.45) is 10.6 Å². The van der Waals surface area contributed by atoms with Crippen LogP contribution in [0.1, 0.15) is 55.7 Å². The van der Waals surface area contributed by atoms with Crippen molar-refractivity contribution < 1.29 is 21.8 Å². The average molecular weight is 391 g/mol. The molecule has 0 saturated heterocycles. The van der Waals surface area contributed by atoms with E-state index in [2.05, 4.69) is 0 Å². The van der Waals surface area contributed by atoms with Crippen molar-refractivity contribution in [3.8, 4) is 5.75 Å². The molecule has 1 aromatic heterocycles. The largest absolute Gasteiger partial charge is 0.422 e. The first-order chi connectivity index (χ1) is 12.6. The van der Waals surface area contributed by atoms with E-state index in [1.165, 1.54) is 6.07 Å². The molecule has 7 nitrogen and oxygen atoms in total. The number of carbonyl (C=O) groups is 1. The maximum Gasteiger partial charge on any atom is 0.380 e. The third kappa shape index (κ3) is 2.78. The monoisotopic (exact) mass is 391 g/mol. The maximum atomic E-state index is 12.8. The smallest absolute Gasteiger partial charge is 0.380 e. The number of rotatable bonds is 3. The molecule has 1 heterocycles. The Kier molecular flexibility index (Phi) is 3.98. The number of hydrogen-bond acceptors (Lipinski definition) is 6. The van der Waals surface area contributed by atoms with Crippen molar-refractivity contribution in [2.75, 3.05) is 0 Å². The Morgan fingerprint density at radius 1 is 1.30 bits per heavy atom. The second-order valence-electron chi connectivity index (χ2n) is 7.60. The maximum absolute atomic E-state index is 12.8. The van der Waals surface area contributed by atoms with Crippen molar-refractivity contribution in [3.63, 3.8) is 0 Å². The third-order valence-corrected chi connectivity index (χ3v) is 6.54. The highest BCUT2D eigenvalue weighted by molar-refractivity contribution is 7.84. The van der Waals surface area contributed by atoms with E-state index in [1.54, 1.807) is 6.07 Å². The minimum Gasteiger partial charge on any atom is -0.422 e. The highest BCUT2D eigenvalue weighted by Gasteiger charge is 2.50. The number of hydrogen-bond donors (Lipinski definition) is 1. The Hall–Kier alpha value is -2.19. The number of aryl methyl sites for hydroxylation is 2. The minimum absolute atomic E-state index is 0.0623. The molecule has 0 bridgehead atoms. The molecule has 2 atom stereocenters. The van der Waals surface area contributed by atoms with Crippen LogP contribution in [-0.4, -0.2) is 14.2 Å². The molecule has 0 radical (unpaired) electrons. The van der Waals surface area contributed by atoms with Crippen LogP contribution >= 0.6 is 0 Å². The van der Waals surface area contributed by atoms with Crippen LogP contribution in [0.3, 0.4) is 0 Å². The predicted molar refractivity (Wildman–Crippen MR) is 99.0 cm³/mol. The fraction of sp³-hybridized carbons (Fsp3) is 0.474. The van der Waals surface area contributed by atoms with Crippen molar-refractivity contribution >= 4 is 27.1 Å². The first-order valence-corrected chi connectivity index (χ1v) is 10.5. The lowest BCUT2D eigenvalue weighted by atomic mass is 9.66. The van der Waals surface area contributed by atoms with E-state index < -0.39 is 21.3 Å². The zero-order valence-corrected chi connectivity index (χ0v) is 16.0. The first kappa shape index (κ1) is 18.2. The molecule has 144 valence electrons. The van der Waals surface area contributed by atoms with Gasteiger partial charge in [0.05, 0.1) is 0 Å². The molecule has 2 aromatic rings. The van der Waals surface area contributed by atoms with Crippen molar-refractivity contribution in [1.82, 2.24) is 0 Å². The molecule has 0 aliphatic heterocycles. The van der Waals surface area contributed by atoms with Crippen molar-refractivity contribution in [3.05, 3.63) is 39.2 Å². The molecule has 2 aliphatic carbocycles. The van der Waals surface area contributed by atoms with Crippen LogP contribution in [0.25, 0.3) is 11.0 Å². The van der Waals surface area contributed by atoms with E-state index >= 15 is 0 Å². The molecule has 8 heteroatoms. The van der Waals surface area contributed by atoms with Gasteiger partial charge in [-0.1, -0.05) is 13.8 Å². The van der Waals surface area contributed by atoms with Crippen LogP contribution < -0.4 is 14.9 Å². The van der Waals surface area contributed by atoms with Crippen LogP contribution in [0.4, 0.5) is 0 Å². The standard InChI is InChI=1S/C19H21NO6S/c1-3-10-8-12-11-6-7-19(2)13(4-5-16(19)21)17(11)18(22)25-15(12)9-14(10)26-27(20,23)24/h8-9,13H,3-7H2,1-2H3,(H2,20,23,24)/t13?,19-/m0/s1. The molecular formula is C19H21NO6S. The van der Waals surface area contributed by atoms with Gasteiger partial charge in [-0.25, -0.2) is 4.79 Å². The number of nitrogens with two attached hydrogens (primary N) is 1. The number of carbonyl (C=O) groups excluding carboxylic acids is 1. The van der Waals surface area contributed by atoms with Gasteiger partial charge >= 0.3 is 15.9 Å². The highest BCUT2D eigenvalue weighted by Crippen LogP contribution is 2.53. The van der Waals surface area contributed by atoms with E-state index in [1.807, 2.05) is 13.8 Å². The molecule has 1 aromatic carbocycles. The fourth-order valence-corrected chi connectivity index (χ4v) is 5.09. The zero-order valence-electron chi connectivity index (χ0n) is 15.2. The third-order valence-electron chi connectivity index (χ3n) is 6.13. The van der Waals surface area contributed by atoms with E-state index in [9.17, 15) is 18.0 Å². The second-order valence-corrected chi connectivity index (χ2v) is 8.75. The lowest BCUT2D eigenvalue weighted by molar-refractivity contribution is -0.126. The Bertz CT molecular complexity index is 1130. The summed E-state index contributed by atoms with van der Waals surface area (Å²) in [6.07, 6.45) is 2.97. The molecule has 1 unspecified atom stereocenters. The van der Waals surface area contributed by atoms with Gasteiger partial charge in [-0.05, 0) is 42.9 Å². The SMILES string of the molecule is CCc1cc2c3c(c(=O)oc2cc1OS(N)(=O)=O)C1CCC(=O)[C@@]1(C)CC3. The van der Waals surface area contributed by atoms with E-state index in [0.717, 1.165) is 10.9 Å². The molecule has 1 saturated carbocycles. The van der Waals surface area contributed by atoms with Gasteiger partial charge in [0.2, 0.25) is 0 Å². The number of fused-ring (bicyclic) bond motifs is 5. The Balaban J connectivity index is 1.96. The van der Waals surface area contributed by atoms with Gasteiger partial charge in [0.1, 0.15) is 11.4 Å². The normalized spacial score (nSPS) is 24.7. The lowest BCUT2D eigenvalue weighted by Crippen LogP contribution is -2.35. The summed E-state index contributed by atoms with van der Waals surface area (Å²) >= 11 is 0. The quantitative estimate of drug-likeness (QED) is 0.803. The van der Waals surface area contributed by atoms with Gasteiger partial charge in [0, 0.05) is 34.8 Å². The van der Waals surface area contributed by atoms with Gasteiger partial charge in [-0.15, -0.1) is 0 Å². The van der Waals surface area contributed by atoms with Crippen LogP contribution in [0, 0.1) is 5.41 Å². The van der Waals surface area contributed by atoms with Crippen LogP contribution in [0.5, 0.6) is 5.75 Å². The summed E-state index contributed by atoms with van der Waals surface area (Å²) in [6, 6.07) is 3.21. The Morgan fingerprint density at radius 3 is 2.70 bits per heavy atom. The summed E-state index contributed by atoms with van der Waals surface area (Å²) in [4.78, 5) is 25.1. The molecule has 2 aliphatic rings. The summed E-state index contributed by atoms with van der Waals surface area (Å²) in [5.41, 5.74) is 1.46. The van der Waals surface area contributed by atoms with Crippen LogP contribution in [0.2, 0.25) is 0 Å². The van der Waals surface area contributed by atoms with Crippen molar-refractivity contribution in [1.29, 1.82) is 0 Å². The summed E-state index contributed by atoms with van der Waals surface area (Å²) < 4.78 is 33.0. The molecular weight excluding hydrogens is 370 g/mol. The first-order valence-electron chi connectivity index (χ1n) is 9.02. The van der Waals surface area contributed by atoms with Gasteiger partial charge in [0.25, 0.3) is 0 Å². The van der Waals surface area contributed by atoms with Gasteiger partial charge < -0.3 is 8.60 Å². The summed E-state index contributed by atoms with van der Waals surface area (Å²) in [6.45, 7) is 3.82. The summed E-state index contributed by atoms with van der Waals surface area (Å²) in [7, 11) is -4.19. The second kappa shape index (κ2) is 5.90. The molecule has 2 N–H and O–H groups in total. The summed E-state index contributed by atoms with van der Waals surface area (Å²) in [5.74, 6) is 0.149. The van der Waals surface area contributed by atoms with Crippen LogP contribution in [-0.2, 0) is 27.9 Å². The van der Waals surface area contributed by atoms with Gasteiger partial charge in [-0.2, -0.15) is 13.6 Å². The molecule has 4 rings (SSSR count). The van der Waals surface area contributed by atoms with Crippen molar-refractivity contribution in [2.45, 2.75) is 51.9 Å². The number of benzene rings is 1. The fourth-order valence-electron chi connectivity index (χ4n) is 4.69. The highest BCUT2D eigenvalue weighted by atomic mass is 32.2. The molecule has 0 amide bonds. The molecule has 0 spiro atoms. The lowest BCUT2D eigenvalue weighted by Gasteiger charge is -2.35. The van der Waals surface area contributed by atoms with Crippen LogP contribution in [0.15, 0.2) is 21.3 Å². The molecule has 27 heavy (non-hydrogen) atoms. The minimum atomic E-state index is -4.19. The zero-order chi connectivity index (χ0) is 19.6. The topological polar surface area (TPSA) is 117 Å². The summed E-state index contributed by atoms with van der Waals surface area (Å²) in [5, 5.41) is 5.76. The van der Waals surface area contributed by atoms with Gasteiger partial charge in [0.15, 0.2) is 5.75 Å². The van der Waals surface area contributed by atoms with Gasteiger partial charge in [-0.3, -0.25) is 4.79 Å². The van der Waals surface area contributed by atoms with E-state index in [-0.39, 0.29) is 23.0 Å². The van der Waals surface area contributed by atoms with E-state index in [4.69, 9.17) is 13.7 Å². The van der Waals surface area contributed by atoms with E-state index in [0.29, 0.717) is 43.2 Å². The number of Topliss-reactive ketones (excluding diaryl/α,β-unsaturated/α-hetero) is 1. The molecule has 1 fully saturated rings. The Morgan fingerprint density at radius 2 is 2.04 bits per heavy atom. The Labute approximate surface area is 156 Å². The average Bonchev–Trinajstić information content (AvgIpc) is 2.88. The predicted octanol–water partition coefficient (Wildman–Crippen LogP) is 2.34.